The van der Waals surface area contributed by atoms with Crippen molar-refractivity contribution in [3.05, 3.63) is 30.1 Å². The first kappa shape index (κ1) is 17.2. The van der Waals surface area contributed by atoms with Gasteiger partial charge in [-0.3, -0.25) is 4.98 Å². The van der Waals surface area contributed by atoms with Crippen molar-refractivity contribution in [2.24, 2.45) is 35.0 Å². The van der Waals surface area contributed by atoms with E-state index in [1.54, 1.807) is 0 Å². The smallest absolute Gasteiger partial charge is 0.0622 e. The zero-order valence-electron chi connectivity index (χ0n) is 16.5. The third kappa shape index (κ3) is 2.58. The fraction of sp³-hybridized carbons (Fsp3) is 0.792. The molecule has 8 atom stereocenters. The van der Waals surface area contributed by atoms with Crippen molar-refractivity contribution < 1.29 is 5.11 Å². The summed E-state index contributed by atoms with van der Waals surface area (Å²) >= 11 is 0. The van der Waals surface area contributed by atoms with Crippen molar-refractivity contribution in [2.45, 2.75) is 83.2 Å². The lowest BCUT2D eigenvalue weighted by molar-refractivity contribution is -0.0959. The number of pyridine rings is 1. The van der Waals surface area contributed by atoms with Crippen LogP contribution in [0.5, 0.6) is 0 Å². The maximum Gasteiger partial charge on any atom is 0.0622 e. The van der Waals surface area contributed by atoms with Gasteiger partial charge in [-0.2, -0.15) is 0 Å². The maximum atomic E-state index is 10.6. The molecule has 0 unspecified atom stereocenters. The largest absolute Gasteiger partial charge is 0.390 e. The second kappa shape index (κ2) is 6.06. The number of nitrogens with zero attached hydrogens (tertiary/aromatic N) is 1. The van der Waals surface area contributed by atoms with E-state index in [4.69, 9.17) is 4.98 Å². The lowest BCUT2D eigenvalue weighted by Crippen LogP contribution is -2.50. The average Bonchev–Trinajstić information content (AvgIpc) is 2.98. The Morgan fingerprint density at radius 3 is 2.58 bits per heavy atom. The van der Waals surface area contributed by atoms with Gasteiger partial charge in [0.25, 0.3) is 0 Å². The molecule has 26 heavy (non-hydrogen) atoms. The molecule has 0 spiro atoms. The zero-order chi connectivity index (χ0) is 17.9. The number of hydrogen-bond acceptors (Lipinski definition) is 2. The minimum Gasteiger partial charge on any atom is -0.390 e. The fourth-order valence-electron chi connectivity index (χ4n) is 8.15. The Hall–Kier alpha value is -0.890. The molecule has 0 aromatic carbocycles. The van der Waals surface area contributed by atoms with Crippen LogP contribution in [0.15, 0.2) is 24.4 Å². The molecule has 4 aliphatic carbocycles. The topological polar surface area (TPSA) is 33.1 Å². The van der Waals surface area contributed by atoms with Gasteiger partial charge in [-0.05, 0) is 112 Å². The highest BCUT2D eigenvalue weighted by molar-refractivity contribution is 5.19. The van der Waals surface area contributed by atoms with E-state index in [0.29, 0.717) is 11.3 Å². The van der Waals surface area contributed by atoms with Gasteiger partial charge in [-0.1, -0.05) is 13.0 Å². The minimum atomic E-state index is -0.394. The molecule has 0 saturated heterocycles. The van der Waals surface area contributed by atoms with E-state index < -0.39 is 5.60 Å². The number of rotatable bonds is 1. The molecule has 2 heteroatoms. The average molecular weight is 354 g/mol. The highest BCUT2D eigenvalue weighted by Crippen LogP contribution is 2.66. The van der Waals surface area contributed by atoms with Gasteiger partial charge < -0.3 is 5.11 Å². The summed E-state index contributed by atoms with van der Waals surface area (Å²) in [6.45, 7) is 4.67. The number of hydrogen-bond donors (Lipinski definition) is 1. The summed E-state index contributed by atoms with van der Waals surface area (Å²) in [7, 11) is 0. The second-order valence-corrected chi connectivity index (χ2v) is 10.6. The summed E-state index contributed by atoms with van der Waals surface area (Å²) in [5, 5.41) is 10.6. The van der Waals surface area contributed by atoms with Crippen LogP contribution >= 0.6 is 0 Å². The standard InChI is InChI=1S/C24H35NO/c1-23(26)12-10-17-16(15-23)6-7-19-18(17)11-13-24(2)20(19)8-9-21(24)22-5-3-4-14-25-22/h3-5,14,16-21,26H,6-13,15H2,1-2H3/t16-,17+,18-,19-,20+,21-,23-,24+/m1/s1. The lowest BCUT2D eigenvalue weighted by atomic mass is 9.49. The van der Waals surface area contributed by atoms with Gasteiger partial charge in [0.05, 0.1) is 5.60 Å². The molecule has 1 aromatic rings. The molecule has 2 nitrogen and oxygen atoms in total. The van der Waals surface area contributed by atoms with E-state index in [2.05, 4.69) is 32.0 Å². The second-order valence-electron chi connectivity index (χ2n) is 10.6. The molecule has 0 amide bonds. The number of fused-ring (bicyclic) bond motifs is 5. The van der Waals surface area contributed by atoms with Crippen LogP contribution < -0.4 is 0 Å². The van der Waals surface area contributed by atoms with Gasteiger partial charge >= 0.3 is 0 Å². The fourth-order valence-corrected chi connectivity index (χ4v) is 8.15. The highest BCUT2D eigenvalue weighted by atomic mass is 16.3. The molecule has 5 rings (SSSR count). The van der Waals surface area contributed by atoms with E-state index in [1.807, 2.05) is 6.20 Å². The van der Waals surface area contributed by atoms with Gasteiger partial charge in [0, 0.05) is 17.8 Å². The molecular weight excluding hydrogens is 318 g/mol. The Balaban J connectivity index is 1.39. The summed E-state index contributed by atoms with van der Waals surface area (Å²) in [6.07, 6.45) is 13.7. The molecule has 4 aliphatic rings. The summed E-state index contributed by atoms with van der Waals surface area (Å²) in [4.78, 5) is 4.75. The third-order valence-electron chi connectivity index (χ3n) is 9.28. The Kier molecular flexibility index (Phi) is 4.01. The van der Waals surface area contributed by atoms with E-state index in [1.165, 1.54) is 50.6 Å². The van der Waals surface area contributed by atoms with Gasteiger partial charge in [-0.25, -0.2) is 0 Å². The van der Waals surface area contributed by atoms with Gasteiger partial charge in [0.1, 0.15) is 0 Å². The summed E-state index contributed by atoms with van der Waals surface area (Å²) in [6, 6.07) is 6.49. The molecular formula is C24H35NO. The molecule has 0 bridgehead atoms. The molecule has 4 fully saturated rings. The first-order valence-electron chi connectivity index (χ1n) is 11.1. The van der Waals surface area contributed by atoms with Crippen LogP contribution in [-0.4, -0.2) is 15.7 Å². The van der Waals surface area contributed by atoms with Crippen molar-refractivity contribution in [1.82, 2.24) is 4.98 Å². The van der Waals surface area contributed by atoms with Crippen LogP contribution in [0, 0.1) is 35.0 Å². The van der Waals surface area contributed by atoms with E-state index in [-0.39, 0.29) is 0 Å². The summed E-state index contributed by atoms with van der Waals surface area (Å²) in [5.41, 5.74) is 1.41. The first-order valence-corrected chi connectivity index (χ1v) is 11.1. The zero-order valence-corrected chi connectivity index (χ0v) is 16.5. The van der Waals surface area contributed by atoms with Gasteiger partial charge in [0.15, 0.2) is 0 Å². The molecule has 1 heterocycles. The quantitative estimate of drug-likeness (QED) is 0.716. The number of aromatic nitrogens is 1. The minimum absolute atomic E-state index is 0.394. The Morgan fingerprint density at radius 2 is 1.77 bits per heavy atom. The van der Waals surface area contributed by atoms with Crippen LogP contribution in [-0.2, 0) is 0 Å². The predicted octanol–water partition coefficient (Wildman–Crippen LogP) is 5.57. The molecule has 1 aromatic heterocycles. The van der Waals surface area contributed by atoms with Crippen LogP contribution in [0.3, 0.4) is 0 Å². The van der Waals surface area contributed by atoms with Crippen molar-refractivity contribution in [1.29, 1.82) is 0 Å². The number of aliphatic hydroxyl groups is 1. The third-order valence-corrected chi connectivity index (χ3v) is 9.28. The first-order chi connectivity index (χ1) is 12.5. The summed E-state index contributed by atoms with van der Waals surface area (Å²) in [5.74, 6) is 5.12. The van der Waals surface area contributed by atoms with Crippen molar-refractivity contribution in [3.8, 4) is 0 Å². The maximum absolute atomic E-state index is 10.6. The SMILES string of the molecule is C[C@@]1(O)CC[C@H]2[C@H](CC[C@@H]3[C@@H]2CC[C@]2(C)[C@@H](c4ccccn4)CC[C@@H]32)C1. The van der Waals surface area contributed by atoms with Crippen LogP contribution in [0.25, 0.3) is 0 Å². The molecule has 0 radical (unpaired) electrons. The summed E-state index contributed by atoms with van der Waals surface area (Å²) < 4.78 is 0. The normalized spacial score (nSPS) is 50.6. The molecule has 0 aliphatic heterocycles. The van der Waals surface area contributed by atoms with E-state index in [9.17, 15) is 5.11 Å². The predicted molar refractivity (Wildman–Crippen MR) is 105 cm³/mol. The van der Waals surface area contributed by atoms with Gasteiger partial charge in [0.2, 0.25) is 0 Å². The highest BCUT2D eigenvalue weighted by Gasteiger charge is 2.57. The van der Waals surface area contributed by atoms with E-state index in [0.717, 1.165) is 42.4 Å². The van der Waals surface area contributed by atoms with Crippen molar-refractivity contribution in [2.75, 3.05) is 0 Å². The Morgan fingerprint density at radius 1 is 0.923 bits per heavy atom. The monoisotopic (exact) mass is 353 g/mol. The van der Waals surface area contributed by atoms with Crippen LogP contribution in [0.1, 0.15) is 83.2 Å². The van der Waals surface area contributed by atoms with Crippen LogP contribution in [0.4, 0.5) is 0 Å². The molecule has 142 valence electrons. The van der Waals surface area contributed by atoms with Crippen molar-refractivity contribution in [3.63, 3.8) is 0 Å². The van der Waals surface area contributed by atoms with E-state index >= 15 is 0 Å². The molecule has 4 saturated carbocycles. The van der Waals surface area contributed by atoms with Gasteiger partial charge in [-0.15, -0.1) is 0 Å². The Labute approximate surface area is 158 Å². The lowest BCUT2D eigenvalue weighted by Gasteiger charge is -2.57. The van der Waals surface area contributed by atoms with Crippen LogP contribution in [0.2, 0.25) is 0 Å². The van der Waals surface area contributed by atoms with Crippen molar-refractivity contribution >= 4 is 0 Å². The Bertz CT molecular complexity index is 655. The molecule has 1 N–H and O–H groups in total.